The SMILES string of the molecule is CCc1ccc(CNC(=NC)NCc2cccc(S(N)(=O)=O)c2)s1. The van der Waals surface area contributed by atoms with Gasteiger partial charge in [-0.05, 0) is 36.2 Å². The van der Waals surface area contributed by atoms with Crippen LogP contribution in [-0.4, -0.2) is 21.4 Å². The van der Waals surface area contributed by atoms with Crippen LogP contribution in [0.2, 0.25) is 0 Å². The molecule has 1 aromatic heterocycles. The van der Waals surface area contributed by atoms with E-state index in [2.05, 4.69) is 34.7 Å². The van der Waals surface area contributed by atoms with E-state index >= 15 is 0 Å². The Hall–Kier alpha value is -1.90. The maximum absolute atomic E-state index is 11.4. The number of aryl methyl sites for hydroxylation is 1. The lowest BCUT2D eigenvalue weighted by Gasteiger charge is -2.11. The number of hydrogen-bond acceptors (Lipinski definition) is 4. The second-order valence-electron chi connectivity index (χ2n) is 5.19. The molecule has 0 bridgehead atoms. The summed E-state index contributed by atoms with van der Waals surface area (Å²) < 4.78 is 22.8. The van der Waals surface area contributed by atoms with Gasteiger partial charge in [-0.15, -0.1) is 11.3 Å². The van der Waals surface area contributed by atoms with Crippen LogP contribution in [0.5, 0.6) is 0 Å². The molecule has 0 spiro atoms. The van der Waals surface area contributed by atoms with Gasteiger partial charge in [-0.25, -0.2) is 13.6 Å². The van der Waals surface area contributed by atoms with Gasteiger partial charge in [0.25, 0.3) is 0 Å². The lowest BCUT2D eigenvalue weighted by Crippen LogP contribution is -2.36. The van der Waals surface area contributed by atoms with E-state index in [4.69, 9.17) is 5.14 Å². The third-order valence-electron chi connectivity index (χ3n) is 3.41. The van der Waals surface area contributed by atoms with Gasteiger partial charge in [0.05, 0.1) is 11.4 Å². The molecule has 1 heterocycles. The summed E-state index contributed by atoms with van der Waals surface area (Å²) in [5.41, 5.74) is 0.814. The van der Waals surface area contributed by atoms with Crippen LogP contribution in [0, 0.1) is 0 Å². The van der Waals surface area contributed by atoms with Gasteiger partial charge in [0.1, 0.15) is 0 Å². The van der Waals surface area contributed by atoms with E-state index in [0.29, 0.717) is 19.0 Å². The average molecular weight is 367 g/mol. The van der Waals surface area contributed by atoms with E-state index in [1.54, 1.807) is 30.5 Å². The molecule has 6 nitrogen and oxygen atoms in total. The van der Waals surface area contributed by atoms with Crippen LogP contribution in [0.1, 0.15) is 22.2 Å². The van der Waals surface area contributed by atoms with Gasteiger partial charge in [0, 0.05) is 23.3 Å². The topological polar surface area (TPSA) is 96.6 Å². The maximum atomic E-state index is 11.4. The highest BCUT2D eigenvalue weighted by atomic mass is 32.2. The normalized spacial score (nSPS) is 12.2. The Morgan fingerprint density at radius 1 is 1.17 bits per heavy atom. The van der Waals surface area contributed by atoms with Gasteiger partial charge in [-0.2, -0.15) is 0 Å². The van der Waals surface area contributed by atoms with Gasteiger partial charge < -0.3 is 10.6 Å². The molecule has 24 heavy (non-hydrogen) atoms. The monoisotopic (exact) mass is 366 g/mol. The number of sulfonamides is 1. The summed E-state index contributed by atoms with van der Waals surface area (Å²) in [5.74, 6) is 0.655. The van der Waals surface area contributed by atoms with Crippen molar-refractivity contribution < 1.29 is 8.42 Å². The first-order valence-corrected chi connectivity index (χ1v) is 9.92. The van der Waals surface area contributed by atoms with Crippen LogP contribution in [-0.2, 0) is 29.5 Å². The number of benzene rings is 1. The highest BCUT2D eigenvalue weighted by Crippen LogP contribution is 2.16. The first-order valence-electron chi connectivity index (χ1n) is 7.56. The zero-order valence-corrected chi connectivity index (χ0v) is 15.4. The molecular formula is C16H22N4O2S2. The minimum atomic E-state index is -3.69. The third kappa shape index (κ3) is 5.33. The molecule has 0 aliphatic carbocycles. The molecule has 4 N–H and O–H groups in total. The molecule has 1 aromatic carbocycles. The summed E-state index contributed by atoms with van der Waals surface area (Å²) in [5, 5.41) is 11.6. The highest BCUT2D eigenvalue weighted by Gasteiger charge is 2.08. The van der Waals surface area contributed by atoms with Crippen molar-refractivity contribution >= 4 is 27.3 Å². The molecule has 0 radical (unpaired) electrons. The first kappa shape index (κ1) is 18.4. The summed E-state index contributed by atoms with van der Waals surface area (Å²) >= 11 is 1.78. The quantitative estimate of drug-likeness (QED) is 0.537. The largest absolute Gasteiger partial charge is 0.352 e. The number of primary sulfonamides is 1. The van der Waals surface area contributed by atoms with E-state index in [1.807, 2.05) is 6.07 Å². The van der Waals surface area contributed by atoms with Gasteiger partial charge >= 0.3 is 0 Å². The minimum Gasteiger partial charge on any atom is -0.352 e. The summed E-state index contributed by atoms with van der Waals surface area (Å²) in [6, 6.07) is 10.8. The second kappa shape index (κ2) is 8.27. The van der Waals surface area contributed by atoms with Crippen molar-refractivity contribution in [1.29, 1.82) is 0 Å². The van der Waals surface area contributed by atoms with Crippen LogP contribution in [0.4, 0.5) is 0 Å². The van der Waals surface area contributed by atoms with Crippen molar-refractivity contribution in [2.45, 2.75) is 31.3 Å². The van der Waals surface area contributed by atoms with Gasteiger partial charge in [-0.3, -0.25) is 4.99 Å². The van der Waals surface area contributed by atoms with Gasteiger partial charge in [-0.1, -0.05) is 19.1 Å². The fourth-order valence-electron chi connectivity index (χ4n) is 2.12. The summed E-state index contributed by atoms with van der Waals surface area (Å²) in [7, 11) is -1.99. The van der Waals surface area contributed by atoms with Crippen molar-refractivity contribution in [3.63, 3.8) is 0 Å². The number of hydrogen-bond donors (Lipinski definition) is 3. The Kier molecular flexibility index (Phi) is 6.36. The fourth-order valence-corrected chi connectivity index (χ4v) is 3.60. The number of thiophene rings is 1. The smallest absolute Gasteiger partial charge is 0.238 e. The summed E-state index contributed by atoms with van der Waals surface area (Å²) in [4.78, 5) is 6.88. The van der Waals surface area contributed by atoms with Gasteiger partial charge in [0.2, 0.25) is 10.0 Å². The Balaban J connectivity index is 1.92. The molecule has 0 saturated heterocycles. The zero-order valence-electron chi connectivity index (χ0n) is 13.7. The zero-order chi connectivity index (χ0) is 17.6. The number of nitrogens with zero attached hydrogens (tertiary/aromatic N) is 1. The van der Waals surface area contributed by atoms with Crippen molar-refractivity contribution in [2.75, 3.05) is 7.05 Å². The Morgan fingerprint density at radius 2 is 1.88 bits per heavy atom. The van der Waals surface area contributed by atoms with Crippen molar-refractivity contribution in [3.05, 3.63) is 51.7 Å². The summed E-state index contributed by atoms with van der Waals surface area (Å²) in [6.07, 6.45) is 1.04. The lowest BCUT2D eigenvalue weighted by atomic mass is 10.2. The number of nitrogens with two attached hydrogens (primary N) is 1. The van der Waals surface area contributed by atoms with Crippen LogP contribution < -0.4 is 15.8 Å². The molecule has 0 aliphatic rings. The molecule has 2 aromatic rings. The summed E-state index contributed by atoms with van der Waals surface area (Å²) in [6.45, 7) is 3.29. The van der Waals surface area contributed by atoms with Crippen LogP contribution >= 0.6 is 11.3 Å². The van der Waals surface area contributed by atoms with E-state index < -0.39 is 10.0 Å². The predicted molar refractivity (Wildman–Crippen MR) is 98.6 cm³/mol. The highest BCUT2D eigenvalue weighted by molar-refractivity contribution is 7.89. The van der Waals surface area contributed by atoms with Crippen LogP contribution in [0.3, 0.4) is 0 Å². The molecule has 0 amide bonds. The molecular weight excluding hydrogens is 344 g/mol. The molecule has 0 saturated carbocycles. The molecule has 0 unspecified atom stereocenters. The fraction of sp³-hybridized carbons (Fsp3) is 0.312. The van der Waals surface area contributed by atoms with E-state index in [0.717, 1.165) is 12.0 Å². The minimum absolute atomic E-state index is 0.107. The molecule has 0 fully saturated rings. The third-order valence-corrected chi connectivity index (χ3v) is 5.55. The van der Waals surface area contributed by atoms with Crippen molar-refractivity contribution in [3.8, 4) is 0 Å². The van der Waals surface area contributed by atoms with Crippen molar-refractivity contribution in [1.82, 2.24) is 10.6 Å². The standard InChI is InChI=1S/C16H22N4O2S2/c1-3-13-7-8-14(23-13)11-20-16(18-2)19-10-12-5-4-6-15(9-12)24(17,21)22/h4-9H,3,10-11H2,1-2H3,(H2,17,21,22)(H2,18,19,20). The van der Waals surface area contributed by atoms with E-state index in [1.165, 1.54) is 15.8 Å². The van der Waals surface area contributed by atoms with Crippen LogP contribution in [0.15, 0.2) is 46.3 Å². The molecule has 8 heteroatoms. The molecule has 0 aliphatic heterocycles. The van der Waals surface area contributed by atoms with Gasteiger partial charge in [0.15, 0.2) is 5.96 Å². The molecule has 130 valence electrons. The number of rotatable bonds is 6. The Morgan fingerprint density at radius 3 is 2.50 bits per heavy atom. The number of nitrogens with one attached hydrogen (secondary N) is 2. The van der Waals surface area contributed by atoms with Crippen molar-refractivity contribution in [2.24, 2.45) is 10.1 Å². The first-order chi connectivity index (χ1) is 11.4. The molecule has 2 rings (SSSR count). The Labute approximate surface area is 146 Å². The average Bonchev–Trinajstić information content (AvgIpc) is 3.02. The van der Waals surface area contributed by atoms with E-state index in [9.17, 15) is 8.42 Å². The second-order valence-corrected chi connectivity index (χ2v) is 8.01. The molecule has 0 atom stereocenters. The Bertz CT molecular complexity index is 813. The number of aliphatic imine (C=N–C) groups is 1. The maximum Gasteiger partial charge on any atom is 0.238 e. The van der Waals surface area contributed by atoms with E-state index in [-0.39, 0.29) is 4.90 Å². The lowest BCUT2D eigenvalue weighted by molar-refractivity contribution is 0.597. The van der Waals surface area contributed by atoms with Crippen LogP contribution in [0.25, 0.3) is 0 Å². The number of guanidine groups is 1. The predicted octanol–water partition coefficient (Wildman–Crippen LogP) is 1.82.